The van der Waals surface area contributed by atoms with Crippen LogP contribution in [0.2, 0.25) is 0 Å². The molecule has 0 aromatic heterocycles. The number of nitrogen functional groups attached to an aromatic ring is 1. The minimum absolute atomic E-state index is 0. The van der Waals surface area contributed by atoms with Crippen LogP contribution < -0.4 is 11.1 Å². The van der Waals surface area contributed by atoms with E-state index >= 15 is 0 Å². The van der Waals surface area contributed by atoms with Crippen LogP contribution in [0.25, 0.3) is 0 Å². The van der Waals surface area contributed by atoms with Gasteiger partial charge in [0.2, 0.25) is 0 Å². The lowest BCUT2D eigenvalue weighted by Crippen LogP contribution is -2.31. The number of carbonyl (C=O) groups excluding carboxylic acids is 2. The van der Waals surface area contributed by atoms with E-state index in [9.17, 15) is 19.5 Å². The molecule has 5 N–H and O–H groups in total. The predicted octanol–water partition coefficient (Wildman–Crippen LogP) is 2.88. The van der Waals surface area contributed by atoms with Gasteiger partial charge in [-0.05, 0) is 55.2 Å². The Kier molecular flexibility index (Phi) is 8.37. The molecule has 2 aromatic rings. The third-order valence-electron chi connectivity index (χ3n) is 5.40. The number of aryl methyl sites for hydroxylation is 1. The van der Waals surface area contributed by atoms with Gasteiger partial charge >= 0.3 is 5.97 Å². The molecule has 1 saturated heterocycles. The minimum atomic E-state index is -1.07. The van der Waals surface area contributed by atoms with Crippen LogP contribution in [0.5, 0.6) is 0 Å². The summed E-state index contributed by atoms with van der Waals surface area (Å²) in [7, 11) is 0. The van der Waals surface area contributed by atoms with Gasteiger partial charge in [0.05, 0.1) is 12.5 Å². The van der Waals surface area contributed by atoms with E-state index in [0.717, 1.165) is 25.9 Å². The number of hydrogen-bond acceptors (Lipinski definition) is 4. The zero-order valence-electron chi connectivity index (χ0n) is 17.8. The highest BCUT2D eigenvalue weighted by Gasteiger charge is 2.23. The number of carboxylic acid groups (broad SMARTS) is 1. The molecule has 0 aliphatic carbocycles. The van der Waals surface area contributed by atoms with Gasteiger partial charge in [-0.15, -0.1) is 12.4 Å². The molecule has 9 heteroatoms. The van der Waals surface area contributed by atoms with Gasteiger partial charge < -0.3 is 21.1 Å². The highest BCUT2D eigenvalue weighted by atomic mass is 35.5. The van der Waals surface area contributed by atoms with E-state index in [0.29, 0.717) is 27.8 Å². The number of rotatable bonds is 7. The summed E-state index contributed by atoms with van der Waals surface area (Å²) < 4.78 is 0. The Hall–Kier alpha value is -3.39. The molecule has 1 atom stereocenters. The zero-order chi connectivity index (χ0) is 22.5. The second-order valence-corrected chi connectivity index (χ2v) is 7.69. The van der Waals surface area contributed by atoms with Crippen molar-refractivity contribution in [3.63, 3.8) is 0 Å². The Balaban J connectivity index is 0.00000363. The largest absolute Gasteiger partial charge is 0.481 e. The molecule has 1 aliphatic heterocycles. The van der Waals surface area contributed by atoms with Crippen LogP contribution in [-0.4, -0.2) is 46.7 Å². The first kappa shape index (κ1) is 24.9. The normalized spacial score (nSPS) is 13.7. The molecule has 8 nitrogen and oxygen atoms in total. The van der Waals surface area contributed by atoms with Gasteiger partial charge in [0.15, 0.2) is 0 Å². The highest BCUT2D eigenvalue weighted by Crippen LogP contribution is 2.21. The first-order valence-electron chi connectivity index (χ1n) is 10.1. The number of amides is 2. The van der Waals surface area contributed by atoms with Crippen LogP contribution in [0.3, 0.4) is 0 Å². The number of likely N-dealkylation sites (tertiary alicyclic amines) is 1. The van der Waals surface area contributed by atoms with E-state index in [1.165, 1.54) is 0 Å². The minimum Gasteiger partial charge on any atom is -0.481 e. The number of hydrogen-bond donors (Lipinski definition) is 4. The summed E-state index contributed by atoms with van der Waals surface area (Å²) >= 11 is 0. The fraction of sp³-hybridized carbons (Fsp3) is 0.304. The Morgan fingerprint density at radius 1 is 1.12 bits per heavy atom. The summed E-state index contributed by atoms with van der Waals surface area (Å²) in [5, 5.41) is 19.6. The number of carboxylic acids is 1. The van der Waals surface area contributed by atoms with Gasteiger partial charge in [0.1, 0.15) is 5.84 Å². The molecule has 0 radical (unpaired) electrons. The van der Waals surface area contributed by atoms with Crippen molar-refractivity contribution in [3.8, 4) is 0 Å². The van der Waals surface area contributed by atoms with E-state index < -0.39 is 17.9 Å². The third-order valence-corrected chi connectivity index (χ3v) is 5.40. The molecule has 32 heavy (non-hydrogen) atoms. The van der Waals surface area contributed by atoms with Crippen molar-refractivity contribution >= 4 is 36.0 Å². The molecule has 0 bridgehead atoms. The maximum Gasteiger partial charge on any atom is 0.305 e. The number of nitrogens with zero attached hydrogens (tertiary/aromatic N) is 1. The molecule has 0 spiro atoms. The quantitative estimate of drug-likeness (QED) is 0.373. The van der Waals surface area contributed by atoms with Crippen molar-refractivity contribution in [1.29, 1.82) is 5.41 Å². The van der Waals surface area contributed by atoms with Crippen LogP contribution >= 0.6 is 12.4 Å². The monoisotopic (exact) mass is 458 g/mol. The molecule has 1 unspecified atom stereocenters. The molecule has 1 aliphatic rings. The maximum atomic E-state index is 12.9. The summed E-state index contributed by atoms with van der Waals surface area (Å²) in [6.45, 7) is 3.28. The molecule has 1 fully saturated rings. The Labute approximate surface area is 192 Å². The number of amidine groups is 1. The number of nitrogens with two attached hydrogens (primary N) is 1. The SMILES string of the molecule is Cc1cc(C(=O)NC(CC(=O)O)c2cccc(C(=N)N)c2)ccc1C(=O)N1CCCC1.Cl. The first-order valence-corrected chi connectivity index (χ1v) is 10.1. The molecule has 0 saturated carbocycles. The van der Waals surface area contributed by atoms with Crippen molar-refractivity contribution < 1.29 is 19.5 Å². The lowest BCUT2D eigenvalue weighted by Gasteiger charge is -2.19. The van der Waals surface area contributed by atoms with Crippen LogP contribution in [-0.2, 0) is 4.79 Å². The summed E-state index contributed by atoms with van der Waals surface area (Å²) in [5.41, 5.74) is 8.11. The van der Waals surface area contributed by atoms with E-state index in [1.807, 2.05) is 4.90 Å². The van der Waals surface area contributed by atoms with Crippen molar-refractivity contribution in [3.05, 3.63) is 70.3 Å². The van der Waals surface area contributed by atoms with E-state index in [2.05, 4.69) is 5.32 Å². The summed E-state index contributed by atoms with van der Waals surface area (Å²) in [4.78, 5) is 38.7. The average molecular weight is 459 g/mol. The molecule has 3 rings (SSSR count). The highest BCUT2D eigenvalue weighted by molar-refractivity contribution is 5.99. The smallest absolute Gasteiger partial charge is 0.305 e. The molecular weight excluding hydrogens is 432 g/mol. The number of halogens is 1. The number of benzene rings is 2. The Morgan fingerprint density at radius 3 is 2.41 bits per heavy atom. The van der Waals surface area contributed by atoms with E-state index in [4.69, 9.17) is 11.1 Å². The predicted molar refractivity (Wildman–Crippen MR) is 123 cm³/mol. The van der Waals surface area contributed by atoms with Crippen LogP contribution in [0, 0.1) is 12.3 Å². The van der Waals surface area contributed by atoms with E-state index in [-0.39, 0.29) is 30.6 Å². The van der Waals surface area contributed by atoms with Crippen molar-refractivity contribution in [2.24, 2.45) is 5.73 Å². The van der Waals surface area contributed by atoms with Crippen molar-refractivity contribution in [1.82, 2.24) is 10.2 Å². The third kappa shape index (κ3) is 5.85. The van der Waals surface area contributed by atoms with Crippen molar-refractivity contribution in [2.75, 3.05) is 13.1 Å². The second kappa shape index (κ2) is 10.8. The van der Waals surface area contributed by atoms with Crippen LogP contribution in [0.4, 0.5) is 0 Å². The van der Waals surface area contributed by atoms with Gasteiger partial charge in [0.25, 0.3) is 11.8 Å². The lowest BCUT2D eigenvalue weighted by molar-refractivity contribution is -0.137. The lowest BCUT2D eigenvalue weighted by atomic mass is 9.99. The van der Waals surface area contributed by atoms with Gasteiger partial charge in [-0.2, -0.15) is 0 Å². The molecular formula is C23H27ClN4O4. The molecule has 1 heterocycles. The number of nitrogens with one attached hydrogen (secondary N) is 2. The number of aliphatic carboxylic acids is 1. The Morgan fingerprint density at radius 2 is 1.81 bits per heavy atom. The average Bonchev–Trinajstić information content (AvgIpc) is 3.27. The maximum absolute atomic E-state index is 12.9. The topological polar surface area (TPSA) is 137 Å². The van der Waals surface area contributed by atoms with Crippen LogP contribution in [0.1, 0.15) is 62.7 Å². The summed E-state index contributed by atoms with van der Waals surface area (Å²) in [5.74, 6) is -1.69. The fourth-order valence-corrected chi connectivity index (χ4v) is 3.73. The first-order chi connectivity index (χ1) is 14.8. The zero-order valence-corrected chi connectivity index (χ0v) is 18.6. The molecule has 2 amide bonds. The number of carbonyl (C=O) groups is 3. The standard InChI is InChI=1S/C23H26N4O4.ClH/c1-14-11-17(7-8-18(14)23(31)27-9-2-3-10-27)22(30)26-19(13-20(28)29)15-5-4-6-16(12-15)21(24)25;/h4-8,11-12,19H,2-3,9-10,13H2,1H3,(H3,24,25)(H,26,30)(H,28,29);1H. The molecule has 2 aromatic carbocycles. The second-order valence-electron chi connectivity index (χ2n) is 7.69. The fourth-order valence-electron chi connectivity index (χ4n) is 3.73. The van der Waals surface area contributed by atoms with Gasteiger partial charge in [-0.25, -0.2) is 0 Å². The van der Waals surface area contributed by atoms with E-state index in [1.54, 1.807) is 49.4 Å². The van der Waals surface area contributed by atoms with Gasteiger partial charge in [0, 0.05) is 29.8 Å². The van der Waals surface area contributed by atoms with Gasteiger partial charge in [-0.3, -0.25) is 19.8 Å². The summed E-state index contributed by atoms with van der Waals surface area (Å²) in [6.07, 6.45) is 1.68. The Bertz CT molecular complexity index is 1030. The van der Waals surface area contributed by atoms with Crippen LogP contribution in [0.15, 0.2) is 42.5 Å². The molecule has 170 valence electrons. The van der Waals surface area contributed by atoms with Crippen molar-refractivity contribution in [2.45, 2.75) is 32.2 Å². The summed E-state index contributed by atoms with van der Waals surface area (Å²) in [6, 6.07) is 10.7. The van der Waals surface area contributed by atoms with Gasteiger partial charge in [-0.1, -0.05) is 18.2 Å².